The highest BCUT2D eigenvalue weighted by atomic mass is 16.5. The number of fused-ring (bicyclic) bond motifs is 3. The van der Waals surface area contributed by atoms with Crippen molar-refractivity contribution in [3.05, 3.63) is 66.0 Å². The Kier molecular flexibility index (Phi) is 11.5. The number of imidazole rings is 2. The molecule has 1 aliphatic carbocycles. The van der Waals surface area contributed by atoms with E-state index in [-0.39, 0.29) is 41.7 Å². The summed E-state index contributed by atoms with van der Waals surface area (Å²) in [6.07, 6.45) is 4.79. The maximum Gasteiger partial charge on any atom is 0.407 e. The molecule has 1 saturated heterocycles. The van der Waals surface area contributed by atoms with Gasteiger partial charge in [-0.25, -0.2) is 19.6 Å². The van der Waals surface area contributed by atoms with Crippen molar-refractivity contribution in [2.24, 2.45) is 11.8 Å². The molecule has 5 atom stereocenters. The van der Waals surface area contributed by atoms with Gasteiger partial charge in [0.2, 0.25) is 11.8 Å². The van der Waals surface area contributed by atoms with Crippen molar-refractivity contribution in [1.29, 1.82) is 0 Å². The number of rotatable bonds is 11. The topological polar surface area (TPSA) is 204 Å². The minimum Gasteiger partial charge on any atom is -0.492 e. The van der Waals surface area contributed by atoms with Crippen LogP contribution in [0.4, 0.5) is 9.59 Å². The van der Waals surface area contributed by atoms with E-state index in [1.807, 2.05) is 38.8 Å². The van der Waals surface area contributed by atoms with Gasteiger partial charge >= 0.3 is 12.2 Å². The van der Waals surface area contributed by atoms with E-state index in [1.54, 1.807) is 0 Å². The normalized spacial score (nSPS) is 19.9. The Labute approximate surface area is 331 Å². The molecule has 15 nitrogen and oxygen atoms in total. The number of nitrogens with one attached hydrogen (secondary N) is 5. The van der Waals surface area contributed by atoms with E-state index in [1.165, 1.54) is 7.11 Å². The van der Waals surface area contributed by atoms with Gasteiger partial charge in [0.05, 0.1) is 43.0 Å². The smallest absolute Gasteiger partial charge is 0.407 e. The van der Waals surface area contributed by atoms with Crippen molar-refractivity contribution < 1.29 is 33.8 Å². The van der Waals surface area contributed by atoms with Crippen LogP contribution in [0.25, 0.3) is 33.6 Å². The van der Waals surface area contributed by atoms with Crippen molar-refractivity contribution in [2.45, 2.75) is 96.3 Å². The van der Waals surface area contributed by atoms with E-state index in [0.717, 1.165) is 88.8 Å². The first-order valence-corrected chi connectivity index (χ1v) is 19.9. The molecular formula is C42H52N8O7. The second-order valence-electron chi connectivity index (χ2n) is 15.9. The van der Waals surface area contributed by atoms with Crippen LogP contribution in [-0.4, -0.2) is 92.3 Å². The predicted molar refractivity (Wildman–Crippen MR) is 212 cm³/mol. The van der Waals surface area contributed by atoms with E-state index in [4.69, 9.17) is 19.4 Å². The molecular weight excluding hydrogens is 729 g/mol. The number of carbonyl (C=O) groups excluding carboxylic acids is 3. The van der Waals surface area contributed by atoms with Gasteiger partial charge in [-0.1, -0.05) is 64.4 Å². The van der Waals surface area contributed by atoms with Crippen LogP contribution in [0, 0.1) is 11.8 Å². The number of benzene rings is 2. The summed E-state index contributed by atoms with van der Waals surface area (Å²) < 4.78 is 11.0. The standard InChI is InChI=1S/C42H52N8O7/c1-22(2)34(48-41(53)54)39(51)46-29-9-6-8-27(29)37-43-21-31(45-37)25-13-11-24(12-14-25)26-15-16-28-33(20-26)57-19-17-30-36(28)47-38(44-30)32-10-7-18-50(32)40(52)35(23(3)4)49-42(55)56-5/h11-16,20-23,27,29,32,34-35,48H,6-10,17-19H2,1-5H3,(H,43,45)(H,44,47)(H,46,51)(H,49,55)(H,53,54)/t27-,29-,32-,34-,35-/m0/s1. The molecule has 6 N–H and O–H groups in total. The van der Waals surface area contributed by atoms with Gasteiger partial charge in [-0.2, -0.15) is 0 Å². The van der Waals surface area contributed by atoms with Gasteiger partial charge in [0.1, 0.15) is 29.5 Å². The Morgan fingerprint density at radius 3 is 2.35 bits per heavy atom. The molecule has 0 bridgehead atoms. The minimum absolute atomic E-state index is 0.00202. The molecule has 0 unspecified atom stereocenters. The van der Waals surface area contributed by atoms with Gasteiger partial charge in [0.15, 0.2) is 0 Å². The number of carboxylic acid groups (broad SMARTS) is 1. The molecule has 302 valence electrons. The molecule has 0 radical (unpaired) electrons. The maximum absolute atomic E-state index is 13.7. The van der Waals surface area contributed by atoms with E-state index in [2.05, 4.69) is 68.4 Å². The Hall–Kier alpha value is -5.86. The van der Waals surface area contributed by atoms with Crippen LogP contribution >= 0.6 is 0 Å². The number of likely N-dealkylation sites (tertiary alicyclic amines) is 1. The van der Waals surface area contributed by atoms with Crippen molar-refractivity contribution >= 4 is 24.0 Å². The highest BCUT2D eigenvalue weighted by Gasteiger charge is 2.39. The molecule has 15 heteroatoms. The fourth-order valence-electron chi connectivity index (χ4n) is 8.38. The highest BCUT2D eigenvalue weighted by molar-refractivity contribution is 5.87. The number of methoxy groups -OCH3 is 1. The summed E-state index contributed by atoms with van der Waals surface area (Å²) in [5.74, 6) is 1.52. The van der Waals surface area contributed by atoms with Crippen LogP contribution in [0.3, 0.4) is 0 Å². The summed E-state index contributed by atoms with van der Waals surface area (Å²) >= 11 is 0. The van der Waals surface area contributed by atoms with Crippen molar-refractivity contribution in [3.63, 3.8) is 0 Å². The number of H-pyrrole nitrogens is 2. The van der Waals surface area contributed by atoms with Crippen molar-refractivity contribution in [3.8, 4) is 39.4 Å². The number of carbonyl (C=O) groups is 4. The number of alkyl carbamates (subject to hydrolysis) is 1. The summed E-state index contributed by atoms with van der Waals surface area (Å²) in [5.41, 5.74) is 6.57. The van der Waals surface area contributed by atoms with Gasteiger partial charge in [-0.05, 0) is 66.3 Å². The van der Waals surface area contributed by atoms with Gasteiger partial charge in [0, 0.05) is 30.5 Å². The fraction of sp³-hybridized carbons (Fsp3) is 0.476. The van der Waals surface area contributed by atoms with Gasteiger partial charge in [-0.15, -0.1) is 0 Å². The van der Waals surface area contributed by atoms with Crippen LogP contribution in [0.1, 0.15) is 89.1 Å². The van der Waals surface area contributed by atoms with Gasteiger partial charge in [0.25, 0.3) is 0 Å². The van der Waals surface area contributed by atoms with Crippen molar-refractivity contribution in [1.82, 2.24) is 40.8 Å². The van der Waals surface area contributed by atoms with Crippen LogP contribution in [0.15, 0.2) is 48.7 Å². The second kappa shape index (κ2) is 16.7. The lowest BCUT2D eigenvalue weighted by atomic mass is 9.99. The third-order valence-corrected chi connectivity index (χ3v) is 11.4. The zero-order valence-electron chi connectivity index (χ0n) is 33.1. The predicted octanol–water partition coefficient (Wildman–Crippen LogP) is 6.16. The number of hydrogen-bond acceptors (Lipinski definition) is 8. The molecule has 2 aromatic heterocycles. The quantitative estimate of drug-likeness (QED) is 0.103. The Balaban J connectivity index is 1.05. The molecule has 7 rings (SSSR count). The molecule has 0 spiro atoms. The third-order valence-electron chi connectivity index (χ3n) is 11.4. The van der Waals surface area contributed by atoms with Crippen LogP contribution in [0.5, 0.6) is 5.75 Å². The lowest BCUT2D eigenvalue weighted by molar-refractivity contribution is -0.135. The first kappa shape index (κ1) is 39.4. The van der Waals surface area contributed by atoms with E-state index < -0.39 is 24.3 Å². The molecule has 1 saturated carbocycles. The zero-order chi connectivity index (χ0) is 40.4. The number of aromatic nitrogens is 4. The molecule has 57 heavy (non-hydrogen) atoms. The average Bonchev–Trinajstić information content (AvgIpc) is 4.02. The zero-order valence-corrected chi connectivity index (χ0v) is 33.1. The number of aromatic amines is 2. The Morgan fingerprint density at radius 2 is 1.63 bits per heavy atom. The van der Waals surface area contributed by atoms with Crippen LogP contribution in [0.2, 0.25) is 0 Å². The molecule has 4 aromatic rings. The number of nitrogens with zero attached hydrogens (tertiary/aromatic N) is 3. The highest BCUT2D eigenvalue weighted by Crippen LogP contribution is 2.40. The number of hydrogen-bond donors (Lipinski definition) is 6. The van der Waals surface area contributed by atoms with Crippen LogP contribution in [-0.2, 0) is 20.7 Å². The third kappa shape index (κ3) is 8.33. The summed E-state index contributed by atoms with van der Waals surface area (Å²) in [6.45, 7) is 8.48. The summed E-state index contributed by atoms with van der Waals surface area (Å²) in [7, 11) is 1.29. The monoisotopic (exact) mass is 780 g/mol. The molecule has 2 fully saturated rings. The Morgan fingerprint density at radius 1 is 0.895 bits per heavy atom. The fourth-order valence-corrected chi connectivity index (χ4v) is 8.38. The number of ether oxygens (including phenoxy) is 2. The lowest BCUT2D eigenvalue weighted by Gasteiger charge is -2.30. The summed E-state index contributed by atoms with van der Waals surface area (Å²) in [4.78, 5) is 68.6. The second-order valence-corrected chi connectivity index (χ2v) is 15.9. The SMILES string of the molecule is COC(=O)N[C@H](C(=O)N1CCC[C@H]1c1nc2c([nH]1)-c1ccc(-c3ccc(-c4cnc([C@H]5CCC[C@@H]5NC(=O)[C@@H](NC(=O)O)C(C)C)[nH]4)cc3)cc1OCC2)C(C)C. The van der Waals surface area contributed by atoms with E-state index in [9.17, 15) is 24.3 Å². The molecule has 2 aliphatic heterocycles. The van der Waals surface area contributed by atoms with Crippen molar-refractivity contribution in [2.75, 3.05) is 20.3 Å². The average molecular weight is 781 g/mol. The molecule has 3 aliphatic rings. The van der Waals surface area contributed by atoms with Gasteiger partial charge < -0.3 is 45.4 Å². The van der Waals surface area contributed by atoms with E-state index in [0.29, 0.717) is 19.6 Å². The molecule has 4 amide bonds. The van der Waals surface area contributed by atoms with E-state index >= 15 is 0 Å². The first-order valence-electron chi connectivity index (χ1n) is 19.9. The van der Waals surface area contributed by atoms with Crippen LogP contribution < -0.4 is 20.7 Å². The minimum atomic E-state index is -1.22. The summed E-state index contributed by atoms with van der Waals surface area (Å²) in [6, 6.07) is 12.5. The molecule has 4 heterocycles. The number of amides is 4. The lowest BCUT2D eigenvalue weighted by Crippen LogP contribution is -2.52. The van der Waals surface area contributed by atoms with Gasteiger partial charge in [-0.3, -0.25) is 9.59 Å². The Bertz CT molecular complexity index is 2110. The largest absolute Gasteiger partial charge is 0.492 e. The maximum atomic E-state index is 13.7. The first-order chi connectivity index (χ1) is 27.4. The molecule has 2 aromatic carbocycles. The summed E-state index contributed by atoms with van der Waals surface area (Å²) in [5, 5.41) is 17.4.